The molecule has 2 amide bonds. The molecule has 244 valence electrons. The predicted molar refractivity (Wildman–Crippen MR) is 166 cm³/mol. The summed E-state index contributed by atoms with van der Waals surface area (Å²) < 4.78 is 11.9. The summed E-state index contributed by atoms with van der Waals surface area (Å²) in [5, 5.41) is 26.6. The van der Waals surface area contributed by atoms with E-state index in [1.54, 1.807) is 0 Å². The molecule has 0 aliphatic rings. The van der Waals surface area contributed by atoms with Crippen molar-refractivity contribution in [2.24, 2.45) is 10.8 Å². The summed E-state index contributed by atoms with van der Waals surface area (Å²) >= 11 is 0. The fraction of sp³-hybridized carbons (Fsp3) is 0.935. The molecule has 0 saturated carbocycles. The van der Waals surface area contributed by atoms with E-state index in [0.717, 1.165) is 51.6 Å². The number of hydrogen-bond acceptors (Lipinski definition) is 7. The molecular weight excluding hydrogens is 524 g/mol. The van der Waals surface area contributed by atoms with Crippen molar-refractivity contribution in [1.29, 1.82) is 0 Å². The molecular formula is C31H65N4O6+. The molecule has 4 N–H and O–H groups in total. The third-order valence-electron chi connectivity index (χ3n) is 7.90. The van der Waals surface area contributed by atoms with Gasteiger partial charge in [0.2, 0.25) is 11.8 Å². The van der Waals surface area contributed by atoms with Crippen molar-refractivity contribution >= 4 is 11.8 Å². The van der Waals surface area contributed by atoms with Crippen LogP contribution in [0.25, 0.3) is 0 Å². The molecule has 0 fully saturated rings. The normalized spacial score (nSPS) is 14.2. The molecule has 2 unspecified atom stereocenters. The molecule has 0 rings (SSSR count). The molecule has 2 atom stereocenters. The van der Waals surface area contributed by atoms with Gasteiger partial charge in [0.15, 0.2) is 0 Å². The first kappa shape index (κ1) is 39.7. The molecule has 0 aromatic heterocycles. The van der Waals surface area contributed by atoms with E-state index < -0.39 is 12.2 Å². The monoisotopic (exact) mass is 589 g/mol. The molecule has 0 aliphatic carbocycles. The van der Waals surface area contributed by atoms with Gasteiger partial charge in [-0.1, -0.05) is 41.5 Å². The summed E-state index contributed by atoms with van der Waals surface area (Å²) in [5.74, 6) is 0.178. The number of nitrogens with zero attached hydrogens (tertiary/aromatic N) is 2. The van der Waals surface area contributed by atoms with Crippen molar-refractivity contribution in [3.8, 4) is 0 Å². The fourth-order valence-corrected chi connectivity index (χ4v) is 4.12. The highest BCUT2D eigenvalue weighted by molar-refractivity contribution is 5.82. The Morgan fingerprint density at radius 3 is 1.76 bits per heavy atom. The minimum atomic E-state index is -0.555. The van der Waals surface area contributed by atoms with E-state index >= 15 is 0 Å². The van der Waals surface area contributed by atoms with Crippen LogP contribution in [0.5, 0.6) is 0 Å². The molecule has 0 spiro atoms. The quantitative estimate of drug-likeness (QED) is 0.0954. The van der Waals surface area contributed by atoms with Gasteiger partial charge in [-0.15, -0.1) is 0 Å². The highest BCUT2D eigenvalue weighted by atomic mass is 16.5. The summed E-state index contributed by atoms with van der Waals surface area (Å²) in [5.41, 5.74) is -0.672. The van der Waals surface area contributed by atoms with Crippen LogP contribution < -0.4 is 10.6 Å². The number of ether oxygens (including phenoxy) is 2. The zero-order valence-electron chi connectivity index (χ0n) is 27.9. The average molecular weight is 590 g/mol. The molecule has 10 heteroatoms. The van der Waals surface area contributed by atoms with Gasteiger partial charge in [0.05, 0.1) is 40.0 Å². The zero-order chi connectivity index (χ0) is 31.5. The van der Waals surface area contributed by atoms with Crippen molar-refractivity contribution < 1.29 is 33.8 Å². The highest BCUT2D eigenvalue weighted by Gasteiger charge is 2.26. The molecule has 0 aromatic carbocycles. The van der Waals surface area contributed by atoms with Crippen LogP contribution in [0, 0.1) is 10.8 Å². The second kappa shape index (κ2) is 20.6. The van der Waals surface area contributed by atoms with Gasteiger partial charge in [-0.2, -0.15) is 0 Å². The van der Waals surface area contributed by atoms with Gasteiger partial charge in [0.25, 0.3) is 0 Å². The molecule has 0 heterocycles. The van der Waals surface area contributed by atoms with Gasteiger partial charge in [0, 0.05) is 50.1 Å². The van der Waals surface area contributed by atoms with Gasteiger partial charge in [0.1, 0.15) is 12.6 Å². The van der Waals surface area contributed by atoms with Crippen LogP contribution in [0.15, 0.2) is 0 Å². The third kappa shape index (κ3) is 19.5. The number of carbonyl (C=O) groups excluding carboxylic acids is 2. The van der Waals surface area contributed by atoms with Crippen LogP contribution >= 0.6 is 0 Å². The van der Waals surface area contributed by atoms with Crippen molar-refractivity contribution in [3.05, 3.63) is 0 Å². The number of likely N-dealkylation sites (N-methyl/N-ethyl adjacent to an activating group) is 2. The summed E-state index contributed by atoms with van der Waals surface area (Å²) in [6.07, 6.45) is 3.87. The van der Waals surface area contributed by atoms with Crippen molar-refractivity contribution in [2.45, 2.75) is 92.3 Å². The molecule has 10 nitrogen and oxygen atoms in total. The number of amides is 2. The van der Waals surface area contributed by atoms with Crippen LogP contribution in [-0.2, 0) is 19.1 Å². The van der Waals surface area contributed by atoms with E-state index in [1.807, 2.05) is 48.6 Å². The topological polar surface area (TPSA) is 120 Å². The molecule has 41 heavy (non-hydrogen) atoms. The standard InChI is InChI=1S/C31H64N4O6/c1-10-30(3,4)28(38)32-16-14-18-34(7)22-26(36)24-40-20-12-13-21-41-25-27(37)23-35(8,9)19-15-17-33-29(39)31(5,6)11-2/h26-27,36-37H,10-25H2,1-9H3,(H-,32,33,38,39)/p+1. The average Bonchev–Trinajstić information content (AvgIpc) is 2.89. The van der Waals surface area contributed by atoms with Crippen molar-refractivity contribution in [1.82, 2.24) is 15.5 Å². The molecule has 0 aromatic rings. The van der Waals surface area contributed by atoms with Gasteiger partial charge in [-0.25, -0.2) is 0 Å². The molecule has 0 aliphatic heterocycles. The van der Waals surface area contributed by atoms with E-state index in [1.165, 1.54) is 0 Å². The van der Waals surface area contributed by atoms with Gasteiger partial charge in [-0.3, -0.25) is 9.59 Å². The molecule has 0 bridgehead atoms. The van der Waals surface area contributed by atoms with E-state index in [0.29, 0.717) is 57.1 Å². The summed E-state index contributed by atoms with van der Waals surface area (Å²) in [6.45, 7) is 17.6. The van der Waals surface area contributed by atoms with E-state index in [4.69, 9.17) is 9.47 Å². The smallest absolute Gasteiger partial charge is 0.225 e. The highest BCUT2D eigenvalue weighted by Crippen LogP contribution is 2.20. The largest absolute Gasteiger partial charge is 0.389 e. The number of hydrogen-bond donors (Lipinski definition) is 4. The fourth-order valence-electron chi connectivity index (χ4n) is 4.12. The minimum absolute atomic E-state index is 0.0856. The second-order valence-electron chi connectivity index (χ2n) is 13.5. The Kier molecular flexibility index (Phi) is 19.9. The van der Waals surface area contributed by atoms with Gasteiger partial charge in [-0.05, 0) is 45.7 Å². The Hall–Kier alpha value is -1.30. The lowest BCUT2D eigenvalue weighted by molar-refractivity contribution is -0.893. The maximum atomic E-state index is 12.2. The Balaban J connectivity index is 3.81. The number of aliphatic hydroxyl groups excluding tert-OH is 2. The first-order valence-corrected chi connectivity index (χ1v) is 15.6. The Morgan fingerprint density at radius 1 is 0.805 bits per heavy atom. The number of nitrogens with one attached hydrogen (secondary N) is 2. The number of quaternary nitrogens is 1. The van der Waals surface area contributed by atoms with Crippen LogP contribution in [0.1, 0.15) is 80.1 Å². The maximum absolute atomic E-state index is 12.2. The first-order valence-electron chi connectivity index (χ1n) is 15.6. The van der Waals surface area contributed by atoms with Crippen LogP contribution in [0.3, 0.4) is 0 Å². The Morgan fingerprint density at radius 2 is 1.27 bits per heavy atom. The van der Waals surface area contributed by atoms with Gasteiger partial charge < -0.3 is 39.7 Å². The third-order valence-corrected chi connectivity index (χ3v) is 7.90. The second-order valence-corrected chi connectivity index (χ2v) is 13.5. The van der Waals surface area contributed by atoms with Crippen LogP contribution in [-0.4, -0.2) is 130 Å². The van der Waals surface area contributed by atoms with Crippen LogP contribution in [0.2, 0.25) is 0 Å². The maximum Gasteiger partial charge on any atom is 0.225 e. The SMILES string of the molecule is CCC(C)(C)C(=O)NCCCN(C)CC(O)COCCCCOCC(O)C[N+](C)(C)CCCNC(=O)C(C)(C)CC. The lowest BCUT2D eigenvalue weighted by Gasteiger charge is -2.32. The minimum Gasteiger partial charge on any atom is -0.389 e. The van der Waals surface area contributed by atoms with Crippen molar-refractivity contribution in [2.75, 3.05) is 86.8 Å². The lowest BCUT2D eigenvalue weighted by atomic mass is 9.89. The summed E-state index contributed by atoms with van der Waals surface area (Å²) in [6, 6.07) is 0. The number of carbonyl (C=O) groups is 2. The van der Waals surface area contributed by atoms with E-state index in [-0.39, 0.29) is 22.6 Å². The Labute approximate surface area is 251 Å². The zero-order valence-corrected chi connectivity index (χ0v) is 27.9. The van der Waals surface area contributed by atoms with Gasteiger partial charge >= 0.3 is 0 Å². The predicted octanol–water partition coefficient (Wildman–Crippen LogP) is 2.41. The van der Waals surface area contributed by atoms with E-state index in [2.05, 4.69) is 29.6 Å². The Bertz CT molecular complexity index is 717. The number of rotatable bonds is 25. The summed E-state index contributed by atoms with van der Waals surface area (Å²) in [7, 11) is 6.12. The summed E-state index contributed by atoms with van der Waals surface area (Å²) in [4.78, 5) is 26.3. The molecule has 0 radical (unpaired) electrons. The number of aliphatic hydroxyl groups is 2. The van der Waals surface area contributed by atoms with Crippen LogP contribution in [0.4, 0.5) is 0 Å². The van der Waals surface area contributed by atoms with Crippen molar-refractivity contribution in [3.63, 3.8) is 0 Å². The number of unbranched alkanes of at least 4 members (excludes halogenated alkanes) is 1. The molecule has 0 saturated heterocycles. The van der Waals surface area contributed by atoms with E-state index in [9.17, 15) is 19.8 Å². The first-order chi connectivity index (χ1) is 19.1. The lowest BCUT2D eigenvalue weighted by Crippen LogP contribution is -2.48.